The van der Waals surface area contributed by atoms with Crippen LogP contribution in [0.15, 0.2) is 22.8 Å². The van der Waals surface area contributed by atoms with Gasteiger partial charge in [-0.05, 0) is 25.0 Å². The average molecular weight is 336 g/mol. The topological polar surface area (TPSA) is 89.3 Å². The molecule has 2 aliphatic heterocycles. The number of carbonyl (C=O) groups is 3. The molecule has 0 aliphatic carbocycles. The fraction of sp³-hybridized carbons (Fsp3) is 0.562. The molecule has 2 amide bonds. The minimum Gasteiger partial charge on any atom is -0.459 e. The van der Waals surface area contributed by atoms with Crippen molar-refractivity contribution in [2.45, 2.75) is 18.9 Å². The Morgan fingerprint density at radius 3 is 2.71 bits per heavy atom. The molecule has 0 radical (unpaired) electrons. The van der Waals surface area contributed by atoms with Crippen LogP contribution >= 0.6 is 0 Å². The average Bonchev–Trinajstić information content (AvgIpc) is 3.31. The summed E-state index contributed by atoms with van der Waals surface area (Å²) >= 11 is 0. The number of likely N-dealkylation sites (tertiary alicyclic amines) is 1. The van der Waals surface area contributed by atoms with Gasteiger partial charge in [0.1, 0.15) is 6.04 Å². The summed E-state index contributed by atoms with van der Waals surface area (Å²) in [4.78, 5) is 39.7. The van der Waals surface area contributed by atoms with Gasteiger partial charge in [0.25, 0.3) is 11.8 Å². The Balaban J connectivity index is 1.53. The van der Waals surface area contributed by atoms with Crippen LogP contribution in [0.3, 0.4) is 0 Å². The Bertz CT molecular complexity index is 594. The largest absolute Gasteiger partial charge is 0.459 e. The van der Waals surface area contributed by atoms with E-state index >= 15 is 0 Å². The third kappa shape index (κ3) is 3.59. The third-order valence-corrected chi connectivity index (χ3v) is 4.22. The van der Waals surface area contributed by atoms with Crippen LogP contribution < -0.4 is 0 Å². The monoisotopic (exact) mass is 336 g/mol. The number of rotatable bonds is 4. The normalized spacial score (nSPS) is 20.9. The van der Waals surface area contributed by atoms with E-state index in [2.05, 4.69) is 0 Å². The van der Waals surface area contributed by atoms with Crippen molar-refractivity contribution in [3.63, 3.8) is 0 Å². The van der Waals surface area contributed by atoms with E-state index in [9.17, 15) is 14.4 Å². The molecule has 0 aromatic carbocycles. The van der Waals surface area contributed by atoms with Crippen LogP contribution in [0.2, 0.25) is 0 Å². The predicted octanol–water partition coefficient (Wildman–Crippen LogP) is 0.286. The van der Waals surface area contributed by atoms with Gasteiger partial charge in [0, 0.05) is 19.6 Å². The van der Waals surface area contributed by atoms with Crippen LogP contribution in [0.1, 0.15) is 23.4 Å². The number of hydrogen-bond donors (Lipinski definition) is 0. The lowest BCUT2D eigenvalue weighted by molar-refractivity contribution is -0.156. The summed E-state index contributed by atoms with van der Waals surface area (Å²) in [7, 11) is 0. The number of nitrogens with zero attached hydrogens (tertiary/aromatic N) is 2. The van der Waals surface area contributed by atoms with Gasteiger partial charge in [0.05, 0.1) is 19.5 Å². The quantitative estimate of drug-likeness (QED) is 0.734. The Labute approximate surface area is 139 Å². The molecule has 0 unspecified atom stereocenters. The van der Waals surface area contributed by atoms with Crippen molar-refractivity contribution in [3.05, 3.63) is 24.2 Å². The molecule has 130 valence electrons. The van der Waals surface area contributed by atoms with Crippen molar-refractivity contribution in [2.75, 3.05) is 39.5 Å². The van der Waals surface area contributed by atoms with E-state index in [0.29, 0.717) is 45.7 Å². The van der Waals surface area contributed by atoms with Gasteiger partial charge in [-0.15, -0.1) is 0 Å². The summed E-state index contributed by atoms with van der Waals surface area (Å²) in [6.07, 6.45) is 2.65. The first-order valence-electron chi connectivity index (χ1n) is 8.03. The number of ether oxygens (including phenoxy) is 2. The van der Waals surface area contributed by atoms with E-state index in [4.69, 9.17) is 13.9 Å². The second kappa shape index (κ2) is 7.48. The summed E-state index contributed by atoms with van der Waals surface area (Å²) in [6.45, 7) is 2.15. The molecular weight excluding hydrogens is 316 g/mol. The summed E-state index contributed by atoms with van der Waals surface area (Å²) in [6, 6.07) is 2.52. The summed E-state index contributed by atoms with van der Waals surface area (Å²) in [5.41, 5.74) is 0. The number of carbonyl (C=O) groups excluding carboxylic acids is 3. The van der Waals surface area contributed by atoms with Crippen molar-refractivity contribution in [1.82, 2.24) is 9.80 Å². The molecule has 0 N–H and O–H groups in total. The van der Waals surface area contributed by atoms with Crippen molar-refractivity contribution in [3.8, 4) is 0 Å². The molecule has 0 bridgehead atoms. The van der Waals surface area contributed by atoms with Crippen molar-refractivity contribution < 1.29 is 28.3 Å². The molecule has 24 heavy (non-hydrogen) atoms. The lowest BCUT2D eigenvalue weighted by Crippen LogP contribution is -2.45. The lowest BCUT2D eigenvalue weighted by Gasteiger charge is -2.27. The number of esters is 1. The van der Waals surface area contributed by atoms with E-state index in [-0.39, 0.29) is 24.2 Å². The first-order chi connectivity index (χ1) is 11.7. The highest BCUT2D eigenvalue weighted by Crippen LogP contribution is 2.21. The minimum absolute atomic E-state index is 0.194. The molecule has 2 aliphatic rings. The standard InChI is InChI=1S/C16H20N2O6/c19-14(17-6-9-22-10-7-17)11-24-16(21)12-3-1-5-18(12)15(20)13-4-2-8-23-13/h2,4,8,12H,1,3,5-7,9-11H2/t12-/m0/s1. The fourth-order valence-corrected chi connectivity index (χ4v) is 2.93. The first-order valence-corrected chi connectivity index (χ1v) is 8.03. The van der Waals surface area contributed by atoms with Crippen molar-refractivity contribution >= 4 is 17.8 Å². The Morgan fingerprint density at radius 2 is 2.00 bits per heavy atom. The Kier molecular flexibility index (Phi) is 5.14. The Morgan fingerprint density at radius 1 is 1.21 bits per heavy atom. The van der Waals surface area contributed by atoms with E-state index < -0.39 is 12.0 Å². The molecular formula is C16H20N2O6. The minimum atomic E-state index is -0.667. The molecule has 8 nitrogen and oxygen atoms in total. The molecule has 2 saturated heterocycles. The molecule has 0 saturated carbocycles. The molecule has 3 heterocycles. The van der Waals surface area contributed by atoms with Crippen LogP contribution in [0.4, 0.5) is 0 Å². The van der Waals surface area contributed by atoms with Crippen molar-refractivity contribution in [1.29, 1.82) is 0 Å². The predicted molar refractivity (Wildman–Crippen MR) is 81.1 cm³/mol. The van der Waals surface area contributed by atoms with E-state index in [0.717, 1.165) is 0 Å². The molecule has 1 atom stereocenters. The van der Waals surface area contributed by atoms with Crippen LogP contribution in [0.5, 0.6) is 0 Å². The fourth-order valence-electron chi connectivity index (χ4n) is 2.93. The summed E-state index contributed by atoms with van der Waals surface area (Å²) in [5.74, 6) is -0.930. The maximum absolute atomic E-state index is 12.3. The van der Waals surface area contributed by atoms with Gasteiger partial charge in [-0.3, -0.25) is 9.59 Å². The van der Waals surface area contributed by atoms with Crippen LogP contribution in [0.25, 0.3) is 0 Å². The highest BCUT2D eigenvalue weighted by Gasteiger charge is 2.37. The molecule has 0 spiro atoms. The SMILES string of the molecule is O=C(OCC(=O)N1CCOCC1)[C@@H]1CCCN1C(=O)c1ccco1. The third-order valence-electron chi connectivity index (χ3n) is 4.22. The highest BCUT2D eigenvalue weighted by molar-refractivity contribution is 5.95. The van der Waals surface area contributed by atoms with Crippen LogP contribution in [-0.2, 0) is 19.1 Å². The highest BCUT2D eigenvalue weighted by atomic mass is 16.5. The van der Waals surface area contributed by atoms with Gasteiger partial charge >= 0.3 is 5.97 Å². The lowest BCUT2D eigenvalue weighted by atomic mass is 10.2. The Hall–Kier alpha value is -2.35. The molecule has 1 aromatic rings. The van der Waals surface area contributed by atoms with Gasteiger partial charge in [-0.1, -0.05) is 0 Å². The molecule has 8 heteroatoms. The molecule has 3 rings (SSSR count). The van der Waals surface area contributed by atoms with Gasteiger partial charge in [0.2, 0.25) is 0 Å². The van der Waals surface area contributed by atoms with Crippen LogP contribution in [0, 0.1) is 0 Å². The number of morpholine rings is 1. The van der Waals surface area contributed by atoms with Gasteiger partial charge in [-0.25, -0.2) is 4.79 Å². The van der Waals surface area contributed by atoms with Gasteiger partial charge in [-0.2, -0.15) is 0 Å². The number of furan rings is 1. The zero-order valence-corrected chi connectivity index (χ0v) is 13.3. The smallest absolute Gasteiger partial charge is 0.329 e. The maximum Gasteiger partial charge on any atom is 0.329 e. The number of amides is 2. The maximum atomic E-state index is 12.3. The van der Waals surface area contributed by atoms with Gasteiger partial charge < -0.3 is 23.7 Å². The first kappa shape index (κ1) is 16.5. The van der Waals surface area contributed by atoms with Gasteiger partial charge in [0.15, 0.2) is 12.4 Å². The number of hydrogen-bond acceptors (Lipinski definition) is 6. The molecule has 2 fully saturated rings. The second-order valence-corrected chi connectivity index (χ2v) is 5.73. The van der Waals surface area contributed by atoms with Crippen molar-refractivity contribution in [2.24, 2.45) is 0 Å². The van der Waals surface area contributed by atoms with Crippen LogP contribution in [-0.4, -0.2) is 73.1 Å². The van der Waals surface area contributed by atoms with E-state index in [1.807, 2.05) is 0 Å². The van der Waals surface area contributed by atoms with E-state index in [1.54, 1.807) is 17.0 Å². The second-order valence-electron chi connectivity index (χ2n) is 5.73. The van der Waals surface area contributed by atoms with E-state index in [1.165, 1.54) is 11.2 Å². The zero-order valence-electron chi connectivity index (χ0n) is 13.3. The zero-order chi connectivity index (χ0) is 16.9. The molecule has 1 aromatic heterocycles. The summed E-state index contributed by atoms with van der Waals surface area (Å²) < 4.78 is 15.4. The summed E-state index contributed by atoms with van der Waals surface area (Å²) in [5, 5.41) is 0.